The highest BCUT2D eigenvalue weighted by Crippen LogP contribution is 2.25. The Bertz CT molecular complexity index is 370. The average molecular weight is 315 g/mol. The third kappa shape index (κ3) is 4.53. The van der Waals surface area contributed by atoms with Gasteiger partial charge in [0.1, 0.15) is 0 Å². The zero-order valence-corrected chi connectivity index (χ0v) is 15.2. The number of rotatable bonds is 10. The summed E-state index contributed by atoms with van der Waals surface area (Å²) in [7, 11) is 1.26. The highest BCUT2D eigenvalue weighted by molar-refractivity contribution is 6.38. The first kappa shape index (κ1) is 21.1. The molecule has 0 aliphatic heterocycles. The van der Waals surface area contributed by atoms with Crippen molar-refractivity contribution in [3.8, 4) is 0 Å². The molecule has 3 unspecified atom stereocenters. The van der Waals surface area contributed by atoms with Gasteiger partial charge < -0.3 is 14.7 Å². The molecule has 0 aromatic heterocycles. The van der Waals surface area contributed by atoms with E-state index in [1.165, 1.54) is 7.11 Å². The molecule has 5 heteroatoms. The molecule has 0 aliphatic rings. The van der Waals surface area contributed by atoms with Crippen LogP contribution in [-0.4, -0.2) is 47.2 Å². The highest BCUT2D eigenvalue weighted by Gasteiger charge is 2.47. The van der Waals surface area contributed by atoms with Crippen LogP contribution in [0.4, 0.5) is 0 Å². The fourth-order valence-electron chi connectivity index (χ4n) is 2.75. The molecular formula is C17H33NO4. The second kappa shape index (κ2) is 9.26. The molecule has 22 heavy (non-hydrogen) atoms. The Morgan fingerprint density at radius 1 is 1.18 bits per heavy atom. The Kier molecular flexibility index (Phi) is 8.86. The summed E-state index contributed by atoms with van der Waals surface area (Å²) in [6.45, 7) is 12.0. The summed E-state index contributed by atoms with van der Waals surface area (Å²) in [4.78, 5) is 26.8. The summed E-state index contributed by atoms with van der Waals surface area (Å²) < 4.78 is 5.03. The van der Waals surface area contributed by atoms with E-state index >= 15 is 0 Å². The van der Waals surface area contributed by atoms with Gasteiger partial charge in [0.05, 0.1) is 0 Å². The molecule has 0 fully saturated rings. The highest BCUT2D eigenvalue weighted by atomic mass is 16.6. The number of likely N-dealkylation sites (N-methyl/N-ethyl adjacent to an activating group) is 1. The second-order valence-corrected chi connectivity index (χ2v) is 6.23. The second-order valence-electron chi connectivity index (χ2n) is 6.23. The molecule has 0 heterocycles. The Labute approximate surface area is 135 Å². The van der Waals surface area contributed by atoms with E-state index in [-0.39, 0.29) is 12.0 Å². The van der Waals surface area contributed by atoms with Gasteiger partial charge in [0.15, 0.2) is 0 Å². The lowest BCUT2D eigenvalue weighted by atomic mass is 9.91. The van der Waals surface area contributed by atoms with E-state index in [2.05, 4.69) is 6.92 Å². The van der Waals surface area contributed by atoms with Gasteiger partial charge >= 0.3 is 0 Å². The molecule has 0 aliphatic carbocycles. The molecule has 0 radical (unpaired) electrons. The monoisotopic (exact) mass is 315 g/mol. The number of carbonyl (C=O) groups excluding carboxylic acids is 2. The van der Waals surface area contributed by atoms with Crippen molar-refractivity contribution in [2.45, 2.75) is 72.6 Å². The molecule has 0 aromatic carbocycles. The largest absolute Gasteiger partial charge is 0.359 e. The van der Waals surface area contributed by atoms with Crippen LogP contribution in [0.25, 0.3) is 0 Å². The number of ether oxygens (including phenoxy) is 1. The van der Waals surface area contributed by atoms with Crippen LogP contribution in [0.5, 0.6) is 0 Å². The molecule has 130 valence electrons. The summed E-state index contributed by atoms with van der Waals surface area (Å²) in [6, 6.07) is -0.00973. The van der Waals surface area contributed by atoms with Crippen molar-refractivity contribution in [2.75, 3.05) is 13.7 Å². The zero-order valence-electron chi connectivity index (χ0n) is 15.2. The SMILES string of the molecule is CCCC(C(C)C)N(CC)C(=O)C(=O)C(O)(OC)C(C)CC. The van der Waals surface area contributed by atoms with Gasteiger partial charge in [-0.05, 0) is 25.7 Å². The van der Waals surface area contributed by atoms with Gasteiger partial charge in [0.25, 0.3) is 11.7 Å². The minimum absolute atomic E-state index is 0.00973. The Morgan fingerprint density at radius 3 is 2.05 bits per heavy atom. The minimum atomic E-state index is -2.05. The standard InChI is InChI=1S/C17H33NO4/c1-8-11-14(12(4)5)18(10-3)16(20)15(19)17(21,22-7)13(6)9-2/h12-14,21H,8-11H2,1-7H3. The van der Waals surface area contributed by atoms with E-state index in [4.69, 9.17) is 4.74 Å². The number of amides is 1. The maximum absolute atomic E-state index is 12.7. The first-order valence-corrected chi connectivity index (χ1v) is 8.33. The quantitative estimate of drug-likeness (QED) is 0.497. The first-order chi connectivity index (χ1) is 10.2. The molecule has 5 nitrogen and oxygen atoms in total. The molecule has 3 atom stereocenters. The fraction of sp³-hybridized carbons (Fsp3) is 0.882. The zero-order chi connectivity index (χ0) is 17.5. The van der Waals surface area contributed by atoms with E-state index in [1.807, 2.05) is 27.7 Å². The third-order valence-electron chi connectivity index (χ3n) is 4.47. The Balaban J connectivity index is 5.45. The van der Waals surface area contributed by atoms with Crippen molar-refractivity contribution in [3.63, 3.8) is 0 Å². The van der Waals surface area contributed by atoms with Crippen molar-refractivity contribution in [1.29, 1.82) is 0 Å². The van der Waals surface area contributed by atoms with Gasteiger partial charge in [0.2, 0.25) is 5.79 Å². The van der Waals surface area contributed by atoms with Crippen LogP contribution in [0.15, 0.2) is 0 Å². The fourth-order valence-corrected chi connectivity index (χ4v) is 2.75. The number of methoxy groups -OCH3 is 1. The molecule has 0 aromatic rings. The summed E-state index contributed by atoms with van der Waals surface area (Å²) in [5, 5.41) is 10.5. The van der Waals surface area contributed by atoms with E-state index < -0.39 is 23.4 Å². The lowest BCUT2D eigenvalue weighted by Crippen LogP contribution is -2.56. The van der Waals surface area contributed by atoms with Crippen LogP contribution in [0.3, 0.4) is 0 Å². The summed E-state index contributed by atoms with van der Waals surface area (Å²) in [5.74, 6) is -3.77. The van der Waals surface area contributed by atoms with Gasteiger partial charge in [-0.25, -0.2) is 0 Å². The van der Waals surface area contributed by atoms with Gasteiger partial charge in [-0.1, -0.05) is 41.0 Å². The molecule has 1 amide bonds. The average Bonchev–Trinajstić information content (AvgIpc) is 2.51. The maximum Gasteiger partial charge on any atom is 0.296 e. The Hall–Kier alpha value is -0.940. The van der Waals surface area contributed by atoms with Gasteiger partial charge in [-0.2, -0.15) is 0 Å². The van der Waals surface area contributed by atoms with Gasteiger partial charge in [0, 0.05) is 25.6 Å². The third-order valence-corrected chi connectivity index (χ3v) is 4.47. The van der Waals surface area contributed by atoms with Gasteiger partial charge in [-0.3, -0.25) is 9.59 Å². The number of hydrogen-bond acceptors (Lipinski definition) is 4. The normalized spacial score (nSPS) is 17.0. The van der Waals surface area contributed by atoms with Crippen molar-refractivity contribution in [2.24, 2.45) is 11.8 Å². The molecule has 0 spiro atoms. The van der Waals surface area contributed by atoms with Crippen LogP contribution in [0, 0.1) is 11.8 Å². The van der Waals surface area contributed by atoms with Crippen molar-refractivity contribution >= 4 is 11.7 Å². The number of Topliss-reactive ketones (excluding diaryl/α,β-unsaturated/α-hetero) is 1. The van der Waals surface area contributed by atoms with E-state index in [9.17, 15) is 14.7 Å². The summed E-state index contributed by atoms with van der Waals surface area (Å²) in [5.41, 5.74) is 0. The number of aliphatic hydroxyl groups is 1. The molecule has 0 bridgehead atoms. The molecule has 1 N–H and O–H groups in total. The summed E-state index contributed by atoms with van der Waals surface area (Å²) >= 11 is 0. The molecule has 0 rings (SSSR count). The predicted molar refractivity (Wildman–Crippen MR) is 87.3 cm³/mol. The van der Waals surface area contributed by atoms with Crippen LogP contribution >= 0.6 is 0 Å². The minimum Gasteiger partial charge on any atom is -0.359 e. The lowest BCUT2D eigenvalue weighted by molar-refractivity contribution is -0.216. The van der Waals surface area contributed by atoms with Crippen LogP contribution in [-0.2, 0) is 14.3 Å². The van der Waals surface area contributed by atoms with Crippen molar-refractivity contribution in [3.05, 3.63) is 0 Å². The molecule has 0 saturated heterocycles. The topological polar surface area (TPSA) is 66.8 Å². The van der Waals surface area contributed by atoms with E-state index in [0.29, 0.717) is 13.0 Å². The van der Waals surface area contributed by atoms with Crippen LogP contribution in [0.2, 0.25) is 0 Å². The molecule has 0 saturated carbocycles. The van der Waals surface area contributed by atoms with Crippen molar-refractivity contribution in [1.82, 2.24) is 4.90 Å². The van der Waals surface area contributed by atoms with Crippen LogP contribution in [0.1, 0.15) is 60.8 Å². The number of carbonyl (C=O) groups is 2. The summed E-state index contributed by atoms with van der Waals surface area (Å²) in [6.07, 6.45) is 2.30. The predicted octanol–water partition coefficient (Wildman–Crippen LogP) is 2.61. The lowest BCUT2D eigenvalue weighted by Gasteiger charge is -2.36. The van der Waals surface area contributed by atoms with Crippen LogP contribution < -0.4 is 0 Å². The van der Waals surface area contributed by atoms with Crippen molar-refractivity contribution < 1.29 is 19.4 Å². The number of nitrogens with zero attached hydrogens (tertiary/aromatic N) is 1. The smallest absolute Gasteiger partial charge is 0.296 e. The van der Waals surface area contributed by atoms with E-state index in [1.54, 1.807) is 11.8 Å². The number of ketones is 1. The van der Waals surface area contributed by atoms with Gasteiger partial charge in [-0.15, -0.1) is 0 Å². The number of hydrogen-bond donors (Lipinski definition) is 1. The maximum atomic E-state index is 12.7. The molecular weight excluding hydrogens is 282 g/mol. The van der Waals surface area contributed by atoms with E-state index in [0.717, 1.165) is 12.8 Å². The first-order valence-electron chi connectivity index (χ1n) is 8.33. The Morgan fingerprint density at radius 2 is 1.73 bits per heavy atom.